The maximum atomic E-state index is 11.5. The first-order chi connectivity index (χ1) is 9.79. The third-order valence-electron chi connectivity index (χ3n) is 3.07. The minimum Gasteiger partial charge on any atom is -0.373 e. The first-order valence-electron chi connectivity index (χ1n) is 7.37. The number of aromatic nitrogens is 2. The molecule has 118 valence electrons. The molecule has 0 aliphatic heterocycles. The molecule has 0 bridgehead atoms. The monoisotopic (exact) mass is 293 g/mol. The number of carbonyl (C=O) groups excluding carboxylic acids is 1. The average Bonchev–Trinajstić information content (AvgIpc) is 2.39. The third kappa shape index (κ3) is 4.88. The lowest BCUT2D eigenvalue weighted by Crippen LogP contribution is -2.25. The zero-order valence-electron chi connectivity index (χ0n) is 13.9. The second-order valence-corrected chi connectivity index (χ2v) is 6.00. The Labute approximate surface area is 127 Å². The molecule has 21 heavy (non-hydrogen) atoms. The first-order valence-corrected chi connectivity index (χ1v) is 7.37. The van der Waals surface area contributed by atoms with Crippen molar-refractivity contribution >= 4 is 17.5 Å². The Morgan fingerprint density at radius 2 is 1.81 bits per heavy atom. The van der Waals surface area contributed by atoms with E-state index in [1.165, 1.54) is 0 Å². The van der Waals surface area contributed by atoms with E-state index in [0.29, 0.717) is 19.5 Å². The van der Waals surface area contributed by atoms with Gasteiger partial charge in [-0.25, -0.2) is 9.97 Å². The lowest BCUT2D eigenvalue weighted by Gasteiger charge is -2.20. The highest BCUT2D eigenvalue weighted by Crippen LogP contribution is 2.25. The second kappa shape index (κ2) is 7.24. The van der Waals surface area contributed by atoms with Crippen molar-refractivity contribution in [2.24, 2.45) is 0 Å². The smallest absolute Gasteiger partial charge is 0.221 e. The average molecular weight is 293 g/mol. The van der Waals surface area contributed by atoms with Crippen molar-refractivity contribution in [3.63, 3.8) is 0 Å². The van der Waals surface area contributed by atoms with Crippen molar-refractivity contribution in [1.82, 2.24) is 15.3 Å². The number of nitrogens with one attached hydrogen (secondary N) is 3. The molecule has 3 N–H and O–H groups in total. The Bertz CT molecular complexity index is 494. The molecule has 0 radical (unpaired) electrons. The van der Waals surface area contributed by atoms with Crippen LogP contribution in [0.4, 0.5) is 11.6 Å². The van der Waals surface area contributed by atoms with Crippen molar-refractivity contribution in [3.8, 4) is 0 Å². The predicted molar refractivity (Wildman–Crippen MR) is 86.8 cm³/mol. The van der Waals surface area contributed by atoms with Crippen molar-refractivity contribution in [2.75, 3.05) is 30.8 Å². The highest BCUT2D eigenvalue weighted by Gasteiger charge is 2.20. The Morgan fingerprint density at radius 1 is 1.19 bits per heavy atom. The molecule has 0 saturated carbocycles. The van der Waals surface area contributed by atoms with Gasteiger partial charge in [0.15, 0.2) is 0 Å². The zero-order valence-corrected chi connectivity index (χ0v) is 13.9. The summed E-state index contributed by atoms with van der Waals surface area (Å²) in [5.41, 5.74) is 0.830. The van der Waals surface area contributed by atoms with Gasteiger partial charge in [0.25, 0.3) is 0 Å². The van der Waals surface area contributed by atoms with Crippen LogP contribution in [0.1, 0.15) is 45.5 Å². The summed E-state index contributed by atoms with van der Waals surface area (Å²) in [7, 11) is 1.85. The summed E-state index contributed by atoms with van der Waals surface area (Å²) in [4.78, 5) is 20.6. The van der Waals surface area contributed by atoms with Gasteiger partial charge < -0.3 is 16.0 Å². The predicted octanol–water partition coefficient (Wildman–Crippen LogP) is 2.06. The Hall–Kier alpha value is -1.85. The number of anilines is 2. The summed E-state index contributed by atoms with van der Waals surface area (Å²) in [5.74, 6) is 2.42. The van der Waals surface area contributed by atoms with Gasteiger partial charge in [-0.05, 0) is 13.8 Å². The third-order valence-corrected chi connectivity index (χ3v) is 3.07. The highest BCUT2D eigenvalue weighted by atomic mass is 16.1. The second-order valence-electron chi connectivity index (χ2n) is 6.00. The fraction of sp³-hybridized carbons (Fsp3) is 0.667. The van der Waals surface area contributed by atoms with E-state index in [1.54, 1.807) is 0 Å². The molecule has 1 amide bonds. The Morgan fingerprint density at radius 3 is 2.33 bits per heavy atom. The summed E-state index contributed by atoms with van der Waals surface area (Å²) >= 11 is 0. The van der Waals surface area contributed by atoms with Gasteiger partial charge in [-0.3, -0.25) is 4.79 Å². The standard InChI is InChI=1S/C15H27N5O/c1-7-17-11(21)8-9-18-13-10(2)12(16-6)19-14(20-13)15(3,4)5/h7-9H2,1-6H3,(H,17,21)(H2,16,18,19,20). The molecule has 0 spiro atoms. The van der Waals surface area contributed by atoms with Crippen molar-refractivity contribution in [3.05, 3.63) is 11.4 Å². The van der Waals surface area contributed by atoms with Crippen LogP contribution in [0.15, 0.2) is 0 Å². The minimum atomic E-state index is -0.130. The van der Waals surface area contributed by atoms with E-state index in [0.717, 1.165) is 23.0 Å². The van der Waals surface area contributed by atoms with E-state index >= 15 is 0 Å². The van der Waals surface area contributed by atoms with Gasteiger partial charge in [0.1, 0.15) is 17.5 Å². The SMILES string of the molecule is CCNC(=O)CCNc1nc(C(C)(C)C)nc(NC)c1C. The topological polar surface area (TPSA) is 78.9 Å². The molecule has 0 atom stereocenters. The Kier molecular flexibility index (Phi) is 5.93. The quantitative estimate of drug-likeness (QED) is 0.748. The van der Waals surface area contributed by atoms with E-state index in [-0.39, 0.29) is 11.3 Å². The molecule has 1 aromatic heterocycles. The van der Waals surface area contributed by atoms with Crippen molar-refractivity contribution in [2.45, 2.75) is 46.5 Å². The van der Waals surface area contributed by atoms with Gasteiger partial charge >= 0.3 is 0 Å². The number of amides is 1. The number of hydrogen-bond acceptors (Lipinski definition) is 5. The van der Waals surface area contributed by atoms with Crippen LogP contribution in [0.25, 0.3) is 0 Å². The maximum Gasteiger partial charge on any atom is 0.221 e. The number of carbonyl (C=O) groups is 1. The molecule has 0 aromatic carbocycles. The van der Waals surface area contributed by atoms with E-state index in [9.17, 15) is 4.79 Å². The number of nitrogens with zero attached hydrogens (tertiary/aromatic N) is 2. The fourth-order valence-corrected chi connectivity index (χ4v) is 1.85. The minimum absolute atomic E-state index is 0.0431. The molecule has 0 saturated heterocycles. The fourth-order valence-electron chi connectivity index (χ4n) is 1.85. The van der Waals surface area contributed by atoms with Crippen molar-refractivity contribution in [1.29, 1.82) is 0 Å². The van der Waals surface area contributed by atoms with Crippen LogP contribution in [0.2, 0.25) is 0 Å². The molecule has 0 unspecified atom stereocenters. The van der Waals surface area contributed by atoms with Gasteiger partial charge in [-0.15, -0.1) is 0 Å². The first kappa shape index (κ1) is 17.2. The number of rotatable bonds is 6. The van der Waals surface area contributed by atoms with Crippen LogP contribution >= 0.6 is 0 Å². The molecule has 6 heteroatoms. The molecule has 0 aliphatic rings. The van der Waals surface area contributed by atoms with Crippen LogP contribution in [0, 0.1) is 6.92 Å². The molecule has 6 nitrogen and oxygen atoms in total. The maximum absolute atomic E-state index is 11.5. The summed E-state index contributed by atoms with van der Waals surface area (Å²) in [6, 6.07) is 0. The van der Waals surface area contributed by atoms with Gasteiger partial charge in [-0.1, -0.05) is 20.8 Å². The van der Waals surface area contributed by atoms with Gasteiger partial charge in [-0.2, -0.15) is 0 Å². The summed E-state index contributed by atoms with van der Waals surface area (Å²) in [5, 5.41) is 9.12. The number of hydrogen-bond donors (Lipinski definition) is 3. The van der Waals surface area contributed by atoms with Crippen LogP contribution < -0.4 is 16.0 Å². The van der Waals surface area contributed by atoms with Crippen LogP contribution in [0.3, 0.4) is 0 Å². The molecule has 0 fully saturated rings. The van der Waals surface area contributed by atoms with Gasteiger partial charge in [0.2, 0.25) is 5.91 Å². The molecule has 1 heterocycles. The van der Waals surface area contributed by atoms with Gasteiger partial charge in [0, 0.05) is 37.5 Å². The van der Waals surface area contributed by atoms with E-state index in [1.807, 2.05) is 20.9 Å². The van der Waals surface area contributed by atoms with E-state index < -0.39 is 0 Å². The van der Waals surface area contributed by atoms with Crippen LogP contribution in [-0.2, 0) is 10.2 Å². The largest absolute Gasteiger partial charge is 0.373 e. The summed E-state index contributed by atoms with van der Waals surface area (Å²) < 4.78 is 0. The molecule has 0 aliphatic carbocycles. The molecule has 1 aromatic rings. The van der Waals surface area contributed by atoms with E-state index in [2.05, 4.69) is 46.7 Å². The zero-order chi connectivity index (χ0) is 16.0. The molecule has 1 rings (SSSR count). The summed E-state index contributed by atoms with van der Waals surface area (Å²) in [6.45, 7) is 11.3. The summed E-state index contributed by atoms with van der Waals surface area (Å²) in [6.07, 6.45) is 0.428. The normalized spacial score (nSPS) is 11.1. The van der Waals surface area contributed by atoms with Crippen LogP contribution in [0.5, 0.6) is 0 Å². The van der Waals surface area contributed by atoms with Gasteiger partial charge in [0.05, 0.1) is 0 Å². The highest BCUT2D eigenvalue weighted by molar-refractivity contribution is 5.76. The van der Waals surface area contributed by atoms with Crippen LogP contribution in [-0.4, -0.2) is 36.0 Å². The Balaban J connectivity index is 2.88. The lowest BCUT2D eigenvalue weighted by atomic mass is 9.95. The van der Waals surface area contributed by atoms with E-state index in [4.69, 9.17) is 0 Å². The lowest BCUT2D eigenvalue weighted by molar-refractivity contribution is -0.120. The van der Waals surface area contributed by atoms with Crippen molar-refractivity contribution < 1.29 is 4.79 Å². The molecular formula is C15H27N5O. The molecular weight excluding hydrogens is 266 g/mol.